The van der Waals surface area contributed by atoms with Gasteiger partial charge < -0.3 is 4.42 Å². The van der Waals surface area contributed by atoms with E-state index in [0.717, 1.165) is 15.7 Å². The molecule has 0 bridgehead atoms. The Hall–Kier alpha value is -2.48. The quantitative estimate of drug-likeness (QED) is 0.362. The zero-order valence-electron chi connectivity index (χ0n) is 15.0. The standard InChI is InChI=1S/C21H12BrClN2O3S/c1-10-9-29-21(24-10)25-17(11-3-2-4-12(22)7-11)16-18(26)14-8-13(23)5-6-15(14)28-19(16)20(25)27/h2-9,17H,1H3/t17-/m1/s1. The number of benzene rings is 2. The molecule has 0 fully saturated rings. The molecule has 0 radical (unpaired) electrons. The molecule has 0 unspecified atom stereocenters. The van der Waals surface area contributed by atoms with E-state index in [4.69, 9.17) is 16.0 Å². The van der Waals surface area contributed by atoms with Gasteiger partial charge in [-0.15, -0.1) is 11.3 Å². The van der Waals surface area contributed by atoms with Crippen molar-refractivity contribution < 1.29 is 9.21 Å². The van der Waals surface area contributed by atoms with Gasteiger partial charge in [0.25, 0.3) is 5.91 Å². The van der Waals surface area contributed by atoms with E-state index in [1.54, 1.807) is 18.2 Å². The monoisotopic (exact) mass is 486 g/mol. The lowest BCUT2D eigenvalue weighted by Gasteiger charge is -2.22. The summed E-state index contributed by atoms with van der Waals surface area (Å²) < 4.78 is 6.75. The van der Waals surface area contributed by atoms with Crippen molar-refractivity contribution in [3.63, 3.8) is 0 Å². The van der Waals surface area contributed by atoms with Crippen LogP contribution < -0.4 is 10.3 Å². The molecule has 29 heavy (non-hydrogen) atoms. The first-order chi connectivity index (χ1) is 13.9. The van der Waals surface area contributed by atoms with E-state index in [0.29, 0.717) is 26.7 Å². The fourth-order valence-electron chi connectivity index (χ4n) is 3.59. The van der Waals surface area contributed by atoms with Crippen LogP contribution in [0.2, 0.25) is 5.02 Å². The highest BCUT2D eigenvalue weighted by Gasteiger charge is 2.44. The molecule has 0 spiro atoms. The lowest BCUT2D eigenvalue weighted by atomic mass is 9.99. The fraction of sp³-hybridized carbons (Fsp3) is 0.0952. The largest absolute Gasteiger partial charge is 0.450 e. The molecular weight excluding hydrogens is 476 g/mol. The third kappa shape index (κ3) is 2.92. The lowest BCUT2D eigenvalue weighted by molar-refractivity contribution is 0.0971. The number of aromatic nitrogens is 1. The van der Waals surface area contributed by atoms with Gasteiger partial charge in [0.15, 0.2) is 10.6 Å². The number of carbonyl (C=O) groups is 1. The molecule has 144 valence electrons. The van der Waals surface area contributed by atoms with Crippen LogP contribution in [0.1, 0.15) is 33.4 Å². The molecule has 3 heterocycles. The number of fused-ring (bicyclic) bond motifs is 2. The van der Waals surface area contributed by atoms with Crippen LogP contribution in [0.3, 0.4) is 0 Å². The molecule has 0 aliphatic carbocycles. The summed E-state index contributed by atoms with van der Waals surface area (Å²) in [6.45, 7) is 1.86. The second-order valence-electron chi connectivity index (χ2n) is 6.72. The maximum absolute atomic E-state index is 13.4. The van der Waals surface area contributed by atoms with Gasteiger partial charge in [-0.3, -0.25) is 14.5 Å². The smallest absolute Gasteiger partial charge is 0.297 e. The van der Waals surface area contributed by atoms with Crippen LogP contribution in [0.15, 0.2) is 61.5 Å². The Morgan fingerprint density at radius 3 is 2.76 bits per heavy atom. The molecule has 1 aliphatic heterocycles. The van der Waals surface area contributed by atoms with E-state index in [1.165, 1.54) is 16.2 Å². The van der Waals surface area contributed by atoms with Gasteiger partial charge in [-0.05, 0) is 42.8 Å². The summed E-state index contributed by atoms with van der Waals surface area (Å²) in [4.78, 5) is 32.8. The normalized spacial score (nSPS) is 15.9. The van der Waals surface area contributed by atoms with Crippen LogP contribution in [-0.2, 0) is 0 Å². The van der Waals surface area contributed by atoms with Gasteiger partial charge in [0.1, 0.15) is 5.58 Å². The number of aryl methyl sites for hydroxylation is 1. The molecule has 0 saturated heterocycles. The predicted octanol–water partition coefficient (Wildman–Crippen LogP) is 5.72. The number of hydrogen-bond acceptors (Lipinski definition) is 5. The number of amides is 1. The Morgan fingerprint density at radius 1 is 1.21 bits per heavy atom. The maximum atomic E-state index is 13.4. The van der Waals surface area contributed by atoms with Crippen molar-refractivity contribution in [2.75, 3.05) is 4.90 Å². The summed E-state index contributed by atoms with van der Waals surface area (Å²) >= 11 is 10.9. The molecular formula is C21H12BrClN2O3S. The van der Waals surface area contributed by atoms with Crippen LogP contribution >= 0.6 is 38.9 Å². The summed E-state index contributed by atoms with van der Waals surface area (Å²) in [6.07, 6.45) is 0. The molecule has 0 saturated carbocycles. The average molecular weight is 488 g/mol. The topological polar surface area (TPSA) is 63.4 Å². The summed E-state index contributed by atoms with van der Waals surface area (Å²) in [7, 11) is 0. The van der Waals surface area contributed by atoms with Crippen molar-refractivity contribution in [1.29, 1.82) is 0 Å². The average Bonchev–Trinajstić information content (AvgIpc) is 3.24. The highest BCUT2D eigenvalue weighted by molar-refractivity contribution is 9.10. The van der Waals surface area contributed by atoms with Gasteiger partial charge in [-0.2, -0.15) is 0 Å². The first-order valence-corrected chi connectivity index (χ1v) is 10.8. The molecule has 0 N–H and O–H groups in total. The summed E-state index contributed by atoms with van der Waals surface area (Å²) in [6, 6.07) is 11.7. The van der Waals surface area contributed by atoms with Crippen molar-refractivity contribution in [2.24, 2.45) is 0 Å². The SMILES string of the molecule is Cc1csc(N2C(=O)c3oc4ccc(Cl)cc4c(=O)c3[C@H]2c2cccc(Br)c2)n1. The molecule has 1 aliphatic rings. The summed E-state index contributed by atoms with van der Waals surface area (Å²) in [5, 5.41) is 3.17. The van der Waals surface area contributed by atoms with Crippen molar-refractivity contribution in [1.82, 2.24) is 4.98 Å². The van der Waals surface area contributed by atoms with Crippen LogP contribution in [-0.4, -0.2) is 10.9 Å². The molecule has 8 heteroatoms. The third-order valence-corrected chi connectivity index (χ3v) is 6.50. The minimum absolute atomic E-state index is 0.0441. The van der Waals surface area contributed by atoms with E-state index in [9.17, 15) is 9.59 Å². The van der Waals surface area contributed by atoms with Gasteiger partial charge in [-0.1, -0.05) is 39.7 Å². The Kier molecular flexibility index (Phi) is 4.34. The number of nitrogens with zero attached hydrogens (tertiary/aromatic N) is 2. The summed E-state index contributed by atoms with van der Waals surface area (Å²) in [5.41, 5.74) is 1.95. The van der Waals surface area contributed by atoms with Crippen molar-refractivity contribution in [3.05, 3.63) is 90.1 Å². The predicted molar refractivity (Wildman–Crippen MR) is 117 cm³/mol. The van der Waals surface area contributed by atoms with Crippen molar-refractivity contribution in [3.8, 4) is 0 Å². The first kappa shape index (κ1) is 18.5. The zero-order chi connectivity index (χ0) is 20.3. The minimum atomic E-state index is -0.639. The van der Waals surface area contributed by atoms with Crippen LogP contribution in [0.4, 0.5) is 5.13 Å². The van der Waals surface area contributed by atoms with Crippen molar-refractivity contribution >= 4 is 60.9 Å². The van der Waals surface area contributed by atoms with Crippen LogP contribution in [0, 0.1) is 6.92 Å². The van der Waals surface area contributed by atoms with Crippen LogP contribution in [0.25, 0.3) is 11.0 Å². The minimum Gasteiger partial charge on any atom is -0.450 e. The molecule has 4 aromatic rings. The van der Waals surface area contributed by atoms with Crippen molar-refractivity contribution in [2.45, 2.75) is 13.0 Å². The van der Waals surface area contributed by atoms with E-state index in [-0.39, 0.29) is 17.1 Å². The zero-order valence-corrected chi connectivity index (χ0v) is 18.1. The number of anilines is 1. The Bertz CT molecular complexity index is 1360. The third-order valence-electron chi connectivity index (χ3n) is 4.81. The Balaban J connectivity index is 1.84. The number of hydrogen-bond donors (Lipinski definition) is 0. The Morgan fingerprint density at radius 2 is 2.03 bits per heavy atom. The first-order valence-electron chi connectivity index (χ1n) is 8.71. The van der Waals surface area contributed by atoms with E-state index in [2.05, 4.69) is 20.9 Å². The number of halogens is 2. The molecule has 1 atom stereocenters. The second kappa shape index (κ2) is 6.79. The lowest BCUT2D eigenvalue weighted by Crippen LogP contribution is -2.29. The second-order valence-corrected chi connectivity index (χ2v) is 8.91. The summed E-state index contributed by atoms with van der Waals surface area (Å²) in [5.74, 6) is -0.337. The molecule has 5 nitrogen and oxygen atoms in total. The van der Waals surface area contributed by atoms with Gasteiger partial charge in [0.2, 0.25) is 5.76 Å². The molecule has 1 amide bonds. The number of thiazole rings is 1. The highest BCUT2D eigenvalue weighted by atomic mass is 79.9. The highest BCUT2D eigenvalue weighted by Crippen LogP contribution is 2.42. The van der Waals surface area contributed by atoms with E-state index >= 15 is 0 Å². The maximum Gasteiger partial charge on any atom is 0.297 e. The Labute approximate surface area is 182 Å². The molecule has 5 rings (SSSR count). The fourth-order valence-corrected chi connectivity index (χ4v) is 5.00. The van der Waals surface area contributed by atoms with Gasteiger partial charge in [0.05, 0.1) is 22.7 Å². The molecule has 2 aromatic carbocycles. The van der Waals surface area contributed by atoms with Gasteiger partial charge in [-0.25, -0.2) is 4.98 Å². The van der Waals surface area contributed by atoms with E-state index < -0.39 is 6.04 Å². The number of rotatable bonds is 2. The molecule has 2 aromatic heterocycles. The van der Waals surface area contributed by atoms with Crippen LogP contribution in [0.5, 0.6) is 0 Å². The van der Waals surface area contributed by atoms with Gasteiger partial charge in [0, 0.05) is 14.9 Å². The number of carbonyl (C=O) groups excluding carboxylic acids is 1. The van der Waals surface area contributed by atoms with E-state index in [1.807, 2.05) is 36.6 Å². The van der Waals surface area contributed by atoms with Gasteiger partial charge >= 0.3 is 0 Å².